The van der Waals surface area contributed by atoms with Crippen LogP contribution in [0.25, 0.3) is 0 Å². The minimum atomic E-state index is -4.03. The van der Waals surface area contributed by atoms with Gasteiger partial charge in [-0.25, -0.2) is 16.8 Å². The summed E-state index contributed by atoms with van der Waals surface area (Å²) in [6.45, 7) is 5.56. The molecule has 0 unspecified atom stereocenters. The van der Waals surface area contributed by atoms with Crippen LogP contribution in [-0.4, -0.2) is 95.8 Å². The van der Waals surface area contributed by atoms with E-state index in [1.807, 2.05) is 13.8 Å². The molecule has 0 saturated heterocycles. The molecule has 1 amide bonds. The van der Waals surface area contributed by atoms with E-state index in [9.17, 15) is 26.7 Å². The second kappa shape index (κ2) is 17.2. The number of anilines is 1. The lowest BCUT2D eigenvalue weighted by atomic mass is 10.0. The van der Waals surface area contributed by atoms with Crippen LogP contribution in [-0.2, 0) is 24.8 Å². The van der Waals surface area contributed by atoms with E-state index in [4.69, 9.17) is 25.8 Å². The Hall–Kier alpha value is -3.40. The molecule has 0 aliphatic carbocycles. The first-order chi connectivity index (χ1) is 23.7. The van der Waals surface area contributed by atoms with Gasteiger partial charge in [-0.1, -0.05) is 18.5 Å². The second-order valence-corrected chi connectivity index (χ2v) is 16.7. The van der Waals surface area contributed by atoms with Crippen molar-refractivity contribution >= 4 is 43.2 Å². The van der Waals surface area contributed by atoms with Crippen molar-refractivity contribution in [2.75, 3.05) is 45.2 Å². The molecule has 274 valence electrons. The number of nitrogens with one attached hydrogen (secondary N) is 1. The molecule has 50 heavy (non-hydrogen) atoms. The molecule has 0 spiro atoms. The van der Waals surface area contributed by atoms with Crippen LogP contribution in [0.3, 0.4) is 0 Å². The Morgan fingerprint density at radius 3 is 2.32 bits per heavy atom. The summed E-state index contributed by atoms with van der Waals surface area (Å²) in [5.74, 6) is -0.110. The molecule has 1 aliphatic rings. The molecule has 1 aliphatic heterocycles. The van der Waals surface area contributed by atoms with E-state index in [1.165, 1.54) is 84.0 Å². The van der Waals surface area contributed by atoms with E-state index < -0.39 is 38.1 Å². The van der Waals surface area contributed by atoms with Crippen molar-refractivity contribution in [3.8, 4) is 11.5 Å². The van der Waals surface area contributed by atoms with Crippen molar-refractivity contribution in [2.45, 2.75) is 68.1 Å². The number of halogens is 1. The molecular formula is C35H46ClN3O9S2. The zero-order valence-electron chi connectivity index (χ0n) is 28.9. The van der Waals surface area contributed by atoms with E-state index in [1.54, 1.807) is 13.0 Å². The van der Waals surface area contributed by atoms with E-state index >= 15 is 0 Å². The highest BCUT2D eigenvalue weighted by atomic mass is 35.5. The Morgan fingerprint density at radius 2 is 1.68 bits per heavy atom. The quantitative estimate of drug-likeness (QED) is 0.283. The third kappa shape index (κ3) is 9.89. The molecule has 2 N–H and O–H groups in total. The van der Waals surface area contributed by atoms with E-state index in [2.05, 4.69) is 4.72 Å². The lowest BCUT2D eigenvalue weighted by molar-refractivity contribution is -0.00833. The monoisotopic (exact) mass is 751 g/mol. The number of benzene rings is 3. The zero-order valence-corrected chi connectivity index (χ0v) is 31.3. The fraction of sp³-hybridized carbons (Fsp3) is 0.457. The number of amides is 1. The normalized spacial score (nSPS) is 20.4. The molecule has 3 aromatic rings. The summed E-state index contributed by atoms with van der Waals surface area (Å²) in [5.41, 5.74) is 0.251. The topological polar surface area (TPSA) is 152 Å². The Morgan fingerprint density at radius 1 is 1.02 bits per heavy atom. The Balaban J connectivity index is 1.67. The van der Waals surface area contributed by atoms with Gasteiger partial charge in [0.25, 0.3) is 15.9 Å². The maximum absolute atomic E-state index is 14.4. The van der Waals surface area contributed by atoms with Gasteiger partial charge < -0.3 is 24.2 Å². The van der Waals surface area contributed by atoms with E-state index in [0.29, 0.717) is 30.2 Å². The van der Waals surface area contributed by atoms with Gasteiger partial charge in [0.05, 0.1) is 47.3 Å². The van der Waals surface area contributed by atoms with Crippen molar-refractivity contribution in [1.29, 1.82) is 0 Å². The van der Waals surface area contributed by atoms with Crippen LogP contribution in [0.2, 0.25) is 5.02 Å². The first-order valence-corrected chi connectivity index (χ1v) is 19.7. The molecule has 15 heteroatoms. The molecule has 0 fully saturated rings. The first-order valence-electron chi connectivity index (χ1n) is 16.4. The third-order valence-corrected chi connectivity index (χ3v) is 12.1. The predicted octanol–water partition coefficient (Wildman–Crippen LogP) is 5.27. The number of sulfonamides is 2. The zero-order chi connectivity index (χ0) is 36.6. The van der Waals surface area contributed by atoms with Crippen molar-refractivity contribution in [3.05, 3.63) is 77.3 Å². The second-order valence-electron chi connectivity index (χ2n) is 12.5. The van der Waals surface area contributed by atoms with Gasteiger partial charge in [0, 0.05) is 43.4 Å². The number of carbonyl (C=O) groups excluding carboxylic acids is 1. The number of aliphatic hydroxyl groups is 1. The van der Waals surface area contributed by atoms with Crippen LogP contribution >= 0.6 is 11.6 Å². The van der Waals surface area contributed by atoms with Crippen LogP contribution in [0.15, 0.2) is 76.5 Å². The fourth-order valence-corrected chi connectivity index (χ4v) is 7.91. The van der Waals surface area contributed by atoms with Crippen LogP contribution in [0.1, 0.15) is 50.4 Å². The molecule has 0 radical (unpaired) electrons. The summed E-state index contributed by atoms with van der Waals surface area (Å²) >= 11 is 5.98. The number of ether oxygens (including phenoxy) is 3. The van der Waals surface area contributed by atoms with Gasteiger partial charge in [0.2, 0.25) is 10.0 Å². The largest absolute Gasteiger partial charge is 0.497 e. The van der Waals surface area contributed by atoms with Gasteiger partial charge in [0.1, 0.15) is 11.5 Å². The minimum absolute atomic E-state index is 0.00743. The summed E-state index contributed by atoms with van der Waals surface area (Å²) in [6, 6.07) is 15.7. The number of hydrogen-bond donors (Lipinski definition) is 2. The smallest absolute Gasteiger partial charge is 0.261 e. The van der Waals surface area contributed by atoms with Gasteiger partial charge in [-0.15, -0.1) is 0 Å². The number of fused-ring (bicyclic) bond motifs is 1. The van der Waals surface area contributed by atoms with Crippen molar-refractivity contribution in [3.63, 3.8) is 0 Å². The molecule has 3 aromatic carbocycles. The molecule has 1 heterocycles. The first kappa shape index (κ1) is 39.4. The number of nitrogens with zero attached hydrogens (tertiary/aromatic N) is 2. The average Bonchev–Trinajstić information content (AvgIpc) is 3.09. The van der Waals surface area contributed by atoms with Gasteiger partial charge in [-0.3, -0.25) is 9.52 Å². The summed E-state index contributed by atoms with van der Waals surface area (Å²) in [6.07, 6.45) is 1.18. The number of aliphatic hydroxyl groups excluding tert-OH is 1. The maximum Gasteiger partial charge on any atom is 0.261 e. The van der Waals surface area contributed by atoms with Gasteiger partial charge in [0.15, 0.2) is 0 Å². The highest BCUT2D eigenvalue weighted by Gasteiger charge is 2.32. The lowest BCUT2D eigenvalue weighted by Gasteiger charge is -2.35. The Kier molecular flexibility index (Phi) is 13.6. The summed E-state index contributed by atoms with van der Waals surface area (Å²) in [5, 5.41) is 10.6. The molecular weight excluding hydrogens is 706 g/mol. The molecule has 0 aromatic heterocycles. The molecule has 0 saturated carbocycles. The van der Waals surface area contributed by atoms with Crippen LogP contribution in [0, 0.1) is 5.92 Å². The number of likely N-dealkylation sites (N-methyl/N-ethyl adjacent to an activating group) is 1. The minimum Gasteiger partial charge on any atom is -0.497 e. The van der Waals surface area contributed by atoms with Crippen molar-refractivity contribution in [2.24, 2.45) is 5.92 Å². The Labute approximate surface area is 300 Å². The SMILES string of the molecule is COc1ccc(S(=O)(=O)Nc2ccc3c(c2)C(=O)N([C@H](C)CO)C[C@H](C)[C@H](CN(C)S(=O)(=O)c2ccc(Cl)cc2)OCCCC[C@@H](C)O3)cc1. The van der Waals surface area contributed by atoms with Gasteiger partial charge in [-0.2, -0.15) is 4.31 Å². The standard InChI is InChI=1S/C35H46ClN3O9S2/c1-24-21-39(25(2)23-40)35(41)32-20-28(37-49(42,43)30-16-12-29(46-5)13-17-30)11-18-33(32)48-26(3)8-6-7-19-47-34(24)22-38(4)50(44,45)31-14-9-27(36)10-15-31/h9-18,20,24-26,34,37,40H,6-8,19,21-23H2,1-5H3/t24-,25+,26+,34-/m0/s1. The number of carbonyl (C=O) groups is 1. The fourth-order valence-electron chi connectivity index (χ4n) is 5.56. The maximum atomic E-state index is 14.4. The summed E-state index contributed by atoms with van der Waals surface area (Å²) in [4.78, 5) is 16.0. The van der Waals surface area contributed by atoms with E-state index in [-0.39, 0.29) is 58.5 Å². The average molecular weight is 752 g/mol. The molecule has 0 bridgehead atoms. The van der Waals surface area contributed by atoms with Crippen molar-refractivity contribution < 1.29 is 40.9 Å². The van der Waals surface area contributed by atoms with Gasteiger partial charge in [-0.05, 0) is 99.8 Å². The molecule has 4 atom stereocenters. The van der Waals surface area contributed by atoms with Crippen LogP contribution < -0.4 is 14.2 Å². The van der Waals surface area contributed by atoms with Gasteiger partial charge >= 0.3 is 0 Å². The highest BCUT2D eigenvalue weighted by Crippen LogP contribution is 2.30. The number of hydrogen-bond acceptors (Lipinski definition) is 9. The van der Waals surface area contributed by atoms with E-state index in [0.717, 1.165) is 6.42 Å². The predicted molar refractivity (Wildman–Crippen MR) is 192 cm³/mol. The number of rotatable bonds is 10. The third-order valence-electron chi connectivity index (χ3n) is 8.63. The summed E-state index contributed by atoms with van der Waals surface area (Å²) < 4.78 is 74.9. The Bertz CT molecular complexity index is 1810. The molecule has 12 nitrogen and oxygen atoms in total. The van der Waals surface area contributed by atoms with Crippen LogP contribution in [0.5, 0.6) is 11.5 Å². The molecule has 4 rings (SSSR count). The highest BCUT2D eigenvalue weighted by molar-refractivity contribution is 7.92. The van der Waals surface area contributed by atoms with Crippen molar-refractivity contribution in [1.82, 2.24) is 9.21 Å². The van der Waals surface area contributed by atoms with Crippen LogP contribution in [0.4, 0.5) is 5.69 Å². The summed E-state index contributed by atoms with van der Waals surface area (Å²) in [7, 11) is -4.94. The number of methoxy groups -OCH3 is 1. The lowest BCUT2D eigenvalue weighted by Crippen LogP contribution is -2.48.